The quantitative estimate of drug-likeness (QED) is 0.829. The van der Waals surface area contributed by atoms with E-state index < -0.39 is 5.54 Å². The molecule has 1 saturated heterocycles. The topological polar surface area (TPSA) is 49.4 Å². The summed E-state index contributed by atoms with van der Waals surface area (Å²) >= 11 is 0. The number of hydrogen-bond donors (Lipinski definition) is 1. The number of piperazine rings is 1. The van der Waals surface area contributed by atoms with Gasteiger partial charge in [0.2, 0.25) is 11.8 Å². The van der Waals surface area contributed by atoms with Gasteiger partial charge in [0.15, 0.2) is 0 Å². The second-order valence-electron chi connectivity index (χ2n) is 6.51. The molecule has 106 valence electrons. The number of hydrogen-bond acceptors (Lipinski definition) is 2. The van der Waals surface area contributed by atoms with Gasteiger partial charge in [0.1, 0.15) is 12.1 Å². The fourth-order valence-corrected chi connectivity index (χ4v) is 4.11. The van der Waals surface area contributed by atoms with Crippen LogP contribution in [0.4, 0.5) is 0 Å². The smallest absolute Gasteiger partial charge is 0.249 e. The summed E-state index contributed by atoms with van der Waals surface area (Å²) in [5.74, 6) is 0.245. The van der Waals surface area contributed by atoms with Crippen LogP contribution in [0.5, 0.6) is 0 Å². The van der Waals surface area contributed by atoms with E-state index in [9.17, 15) is 9.59 Å². The molecule has 19 heavy (non-hydrogen) atoms. The molecule has 2 saturated carbocycles. The van der Waals surface area contributed by atoms with Crippen molar-refractivity contribution in [2.75, 3.05) is 6.54 Å². The van der Waals surface area contributed by atoms with Gasteiger partial charge in [0, 0.05) is 5.54 Å². The van der Waals surface area contributed by atoms with E-state index in [-0.39, 0.29) is 23.9 Å². The Kier molecular flexibility index (Phi) is 3.06. The molecule has 3 aliphatic rings. The molecule has 2 aliphatic carbocycles. The molecule has 4 nitrogen and oxygen atoms in total. The van der Waals surface area contributed by atoms with Crippen LogP contribution in [0.25, 0.3) is 0 Å². The highest BCUT2D eigenvalue weighted by molar-refractivity contribution is 5.98. The molecule has 0 aromatic heterocycles. The van der Waals surface area contributed by atoms with Gasteiger partial charge in [-0.15, -0.1) is 0 Å². The average Bonchev–Trinajstić information content (AvgIpc) is 2.35. The van der Waals surface area contributed by atoms with E-state index in [1.807, 2.05) is 4.90 Å². The SMILES string of the molecule is CCC1(N2CC(=O)NC3(CCCCC3)C2=O)CCC1. The van der Waals surface area contributed by atoms with Gasteiger partial charge in [0.25, 0.3) is 0 Å². The minimum atomic E-state index is -0.564. The Bertz CT molecular complexity index is 389. The monoisotopic (exact) mass is 264 g/mol. The third-order valence-electron chi connectivity index (χ3n) is 5.56. The fourth-order valence-electron chi connectivity index (χ4n) is 4.11. The van der Waals surface area contributed by atoms with Crippen LogP contribution in [0.15, 0.2) is 0 Å². The molecule has 2 amide bonds. The van der Waals surface area contributed by atoms with E-state index in [1.165, 1.54) is 12.8 Å². The van der Waals surface area contributed by atoms with Crippen molar-refractivity contribution in [3.8, 4) is 0 Å². The zero-order valence-corrected chi connectivity index (χ0v) is 11.8. The molecule has 0 aromatic rings. The van der Waals surface area contributed by atoms with E-state index in [1.54, 1.807) is 0 Å². The Balaban J connectivity index is 1.88. The minimum Gasteiger partial charge on any atom is -0.340 e. The molecule has 1 N–H and O–H groups in total. The van der Waals surface area contributed by atoms with E-state index in [0.717, 1.165) is 44.9 Å². The maximum atomic E-state index is 13.0. The van der Waals surface area contributed by atoms with Crippen molar-refractivity contribution < 1.29 is 9.59 Å². The number of carbonyl (C=O) groups is 2. The Hall–Kier alpha value is -1.06. The van der Waals surface area contributed by atoms with E-state index in [0.29, 0.717) is 0 Å². The van der Waals surface area contributed by atoms with E-state index in [4.69, 9.17) is 0 Å². The molecular weight excluding hydrogens is 240 g/mol. The predicted octanol–water partition coefficient (Wildman–Crippen LogP) is 1.98. The van der Waals surface area contributed by atoms with Crippen LogP contribution in [-0.4, -0.2) is 34.3 Å². The molecule has 1 aliphatic heterocycles. The lowest BCUT2D eigenvalue weighted by Crippen LogP contribution is -2.72. The number of carbonyl (C=O) groups excluding carboxylic acids is 2. The van der Waals surface area contributed by atoms with Gasteiger partial charge in [-0.1, -0.05) is 26.2 Å². The first-order chi connectivity index (χ1) is 9.12. The number of nitrogens with zero attached hydrogens (tertiary/aromatic N) is 1. The van der Waals surface area contributed by atoms with Gasteiger partial charge in [-0.25, -0.2) is 0 Å². The summed E-state index contributed by atoms with van der Waals surface area (Å²) < 4.78 is 0. The molecule has 0 aromatic carbocycles. The molecule has 0 atom stereocenters. The van der Waals surface area contributed by atoms with Gasteiger partial charge in [-0.05, 0) is 38.5 Å². The zero-order valence-electron chi connectivity index (χ0n) is 11.8. The third-order valence-corrected chi connectivity index (χ3v) is 5.56. The molecule has 3 rings (SSSR count). The van der Waals surface area contributed by atoms with Crippen LogP contribution in [-0.2, 0) is 9.59 Å². The van der Waals surface area contributed by atoms with Gasteiger partial charge < -0.3 is 10.2 Å². The molecule has 0 bridgehead atoms. The van der Waals surface area contributed by atoms with E-state index >= 15 is 0 Å². The summed E-state index contributed by atoms with van der Waals surface area (Å²) in [7, 11) is 0. The molecular formula is C15H24N2O2. The van der Waals surface area contributed by atoms with Crippen molar-refractivity contribution in [1.82, 2.24) is 10.2 Å². The normalized spacial score (nSPS) is 29.0. The molecule has 3 fully saturated rings. The first kappa shape index (κ1) is 12.9. The molecule has 0 unspecified atom stereocenters. The summed E-state index contributed by atoms with van der Waals surface area (Å²) in [5.41, 5.74) is -0.579. The number of nitrogens with one attached hydrogen (secondary N) is 1. The highest BCUT2D eigenvalue weighted by Gasteiger charge is 2.53. The predicted molar refractivity (Wildman–Crippen MR) is 72.5 cm³/mol. The maximum absolute atomic E-state index is 13.0. The largest absolute Gasteiger partial charge is 0.340 e. The van der Waals surface area contributed by atoms with Crippen LogP contribution in [0.2, 0.25) is 0 Å². The molecule has 1 spiro atoms. The van der Waals surface area contributed by atoms with Gasteiger partial charge in [0.05, 0.1) is 0 Å². The Morgan fingerprint density at radius 1 is 1.05 bits per heavy atom. The maximum Gasteiger partial charge on any atom is 0.249 e. The van der Waals surface area contributed by atoms with Crippen LogP contribution < -0.4 is 5.32 Å². The summed E-state index contributed by atoms with van der Waals surface area (Å²) in [6, 6.07) is 0. The van der Waals surface area contributed by atoms with Crippen LogP contribution in [0.3, 0.4) is 0 Å². The summed E-state index contributed by atoms with van der Waals surface area (Å²) in [6.45, 7) is 2.42. The first-order valence-corrected chi connectivity index (χ1v) is 7.75. The van der Waals surface area contributed by atoms with Crippen LogP contribution >= 0.6 is 0 Å². The van der Waals surface area contributed by atoms with Crippen molar-refractivity contribution in [3.05, 3.63) is 0 Å². The summed E-state index contributed by atoms with van der Waals surface area (Å²) in [5, 5.41) is 3.03. The number of amides is 2. The minimum absolute atomic E-state index is 0.0146. The van der Waals surface area contributed by atoms with Crippen molar-refractivity contribution in [3.63, 3.8) is 0 Å². The lowest BCUT2D eigenvalue weighted by Gasteiger charge is -2.55. The van der Waals surface area contributed by atoms with Crippen molar-refractivity contribution in [2.45, 2.75) is 75.8 Å². The summed E-state index contributed by atoms with van der Waals surface area (Å²) in [4.78, 5) is 27.0. The second-order valence-corrected chi connectivity index (χ2v) is 6.51. The highest BCUT2D eigenvalue weighted by Crippen LogP contribution is 2.44. The first-order valence-electron chi connectivity index (χ1n) is 7.75. The third kappa shape index (κ3) is 1.87. The van der Waals surface area contributed by atoms with Crippen molar-refractivity contribution in [2.24, 2.45) is 0 Å². The Morgan fingerprint density at radius 2 is 1.74 bits per heavy atom. The lowest BCUT2D eigenvalue weighted by molar-refractivity contribution is -0.162. The van der Waals surface area contributed by atoms with E-state index in [2.05, 4.69) is 12.2 Å². The Morgan fingerprint density at radius 3 is 2.26 bits per heavy atom. The van der Waals surface area contributed by atoms with Crippen molar-refractivity contribution >= 4 is 11.8 Å². The Labute approximate surface area is 114 Å². The number of rotatable bonds is 2. The van der Waals surface area contributed by atoms with Gasteiger partial charge in [-0.2, -0.15) is 0 Å². The van der Waals surface area contributed by atoms with Gasteiger partial charge >= 0.3 is 0 Å². The molecule has 1 heterocycles. The molecule has 0 radical (unpaired) electrons. The van der Waals surface area contributed by atoms with Gasteiger partial charge in [-0.3, -0.25) is 9.59 Å². The average molecular weight is 264 g/mol. The fraction of sp³-hybridized carbons (Fsp3) is 0.867. The van der Waals surface area contributed by atoms with Crippen molar-refractivity contribution in [1.29, 1.82) is 0 Å². The van der Waals surface area contributed by atoms with Crippen LogP contribution in [0.1, 0.15) is 64.7 Å². The lowest BCUT2D eigenvalue weighted by atomic mass is 9.70. The summed E-state index contributed by atoms with van der Waals surface area (Å²) in [6.07, 6.45) is 9.25. The zero-order chi connectivity index (χ0) is 13.5. The van der Waals surface area contributed by atoms with Crippen LogP contribution in [0, 0.1) is 0 Å². The highest BCUT2D eigenvalue weighted by atomic mass is 16.2. The standard InChI is InChI=1S/C15H24N2O2/c1-2-14(7-6-8-14)17-11-12(18)16-15(13(17)19)9-4-3-5-10-15/h2-11H2,1H3,(H,16,18). The molecule has 4 heteroatoms. The second kappa shape index (κ2) is 4.50.